The van der Waals surface area contributed by atoms with Gasteiger partial charge in [0.2, 0.25) is 11.8 Å². The van der Waals surface area contributed by atoms with E-state index in [0.29, 0.717) is 6.42 Å². The van der Waals surface area contributed by atoms with E-state index in [4.69, 9.17) is 0 Å². The first-order valence-electron chi connectivity index (χ1n) is 9.81. The van der Waals surface area contributed by atoms with Crippen LogP contribution in [0.2, 0.25) is 0 Å². The van der Waals surface area contributed by atoms with E-state index in [2.05, 4.69) is 17.4 Å². The molecule has 0 saturated heterocycles. The fourth-order valence-electron chi connectivity index (χ4n) is 3.38. The quantitative estimate of drug-likeness (QED) is 0.476. The number of fused-ring (bicyclic) bond motifs is 2. The summed E-state index contributed by atoms with van der Waals surface area (Å²) in [6.45, 7) is 3.53. The summed E-state index contributed by atoms with van der Waals surface area (Å²) in [6.07, 6.45) is 0.713. The van der Waals surface area contributed by atoms with Crippen LogP contribution in [0.3, 0.4) is 0 Å². The zero-order valence-electron chi connectivity index (χ0n) is 16.8. The molecule has 0 spiro atoms. The van der Waals surface area contributed by atoms with Gasteiger partial charge in [-0.15, -0.1) is 11.8 Å². The van der Waals surface area contributed by atoms with Crippen LogP contribution in [0.15, 0.2) is 87.5 Å². The molecule has 0 aliphatic carbocycles. The summed E-state index contributed by atoms with van der Waals surface area (Å²) in [5.74, 6) is -0.0223. The molecule has 1 aliphatic heterocycles. The average molecular weight is 435 g/mol. The maximum Gasteiger partial charge on any atom is 0.245 e. The number of hydrogen-bond donors (Lipinski definition) is 1. The van der Waals surface area contributed by atoms with Gasteiger partial charge in [0.1, 0.15) is 0 Å². The van der Waals surface area contributed by atoms with Gasteiger partial charge in [-0.2, -0.15) is 0 Å². The summed E-state index contributed by atoms with van der Waals surface area (Å²) in [5.41, 5.74) is 2.62. The number of anilines is 3. The van der Waals surface area contributed by atoms with Crippen LogP contribution in [0.1, 0.15) is 20.3 Å². The summed E-state index contributed by atoms with van der Waals surface area (Å²) in [7, 11) is 0. The van der Waals surface area contributed by atoms with Gasteiger partial charge in [0.25, 0.3) is 0 Å². The fraction of sp³-hybridized carbons (Fsp3) is 0.167. The van der Waals surface area contributed by atoms with Gasteiger partial charge in [0.15, 0.2) is 0 Å². The Kier molecular flexibility index (Phi) is 6.16. The number of amides is 2. The third-order valence-corrected chi connectivity index (χ3v) is 7.25. The summed E-state index contributed by atoms with van der Waals surface area (Å²) < 4.78 is 0. The molecule has 4 nitrogen and oxygen atoms in total. The molecule has 1 aliphatic rings. The maximum absolute atomic E-state index is 13.7. The second-order valence-electron chi connectivity index (χ2n) is 6.93. The molecule has 2 amide bonds. The number of benzene rings is 3. The van der Waals surface area contributed by atoms with Gasteiger partial charge in [0.05, 0.1) is 16.6 Å². The van der Waals surface area contributed by atoms with Gasteiger partial charge in [-0.05, 0) is 55.0 Å². The minimum atomic E-state index is -0.221. The van der Waals surface area contributed by atoms with E-state index < -0.39 is 0 Å². The van der Waals surface area contributed by atoms with E-state index in [-0.39, 0.29) is 17.1 Å². The van der Waals surface area contributed by atoms with Crippen LogP contribution in [-0.4, -0.2) is 17.1 Å². The number of carbonyl (C=O) groups is 2. The summed E-state index contributed by atoms with van der Waals surface area (Å²) in [6, 6.07) is 23.7. The van der Waals surface area contributed by atoms with Crippen molar-refractivity contribution in [1.82, 2.24) is 0 Å². The minimum absolute atomic E-state index is 0.0774. The maximum atomic E-state index is 13.7. The smallest absolute Gasteiger partial charge is 0.245 e. The van der Waals surface area contributed by atoms with Crippen molar-refractivity contribution in [2.75, 3.05) is 10.2 Å². The van der Waals surface area contributed by atoms with Crippen LogP contribution in [0.5, 0.6) is 0 Å². The van der Waals surface area contributed by atoms with Crippen molar-refractivity contribution in [2.45, 2.75) is 40.2 Å². The van der Waals surface area contributed by atoms with Crippen molar-refractivity contribution in [2.24, 2.45) is 0 Å². The minimum Gasteiger partial charge on any atom is -0.326 e. The molecule has 1 N–H and O–H groups in total. The number of para-hydroxylation sites is 2. The Labute approximate surface area is 185 Å². The first kappa shape index (κ1) is 20.6. The van der Waals surface area contributed by atoms with Crippen LogP contribution in [-0.2, 0) is 9.59 Å². The molecule has 3 aromatic rings. The number of carbonyl (C=O) groups excluding carboxylic acids is 2. The van der Waals surface area contributed by atoms with Crippen molar-refractivity contribution in [3.63, 3.8) is 0 Å². The lowest BCUT2D eigenvalue weighted by atomic mass is 10.2. The highest BCUT2D eigenvalue weighted by molar-refractivity contribution is 8.00. The van der Waals surface area contributed by atoms with Gasteiger partial charge < -0.3 is 5.32 Å². The van der Waals surface area contributed by atoms with Crippen molar-refractivity contribution in [3.8, 4) is 0 Å². The highest BCUT2D eigenvalue weighted by Gasteiger charge is 2.32. The Morgan fingerprint density at radius 2 is 1.50 bits per heavy atom. The van der Waals surface area contributed by atoms with Gasteiger partial charge in [0, 0.05) is 27.3 Å². The molecule has 0 fully saturated rings. The first-order chi connectivity index (χ1) is 14.6. The van der Waals surface area contributed by atoms with Crippen LogP contribution in [0.4, 0.5) is 17.1 Å². The molecule has 0 saturated carbocycles. The number of nitrogens with zero attached hydrogens (tertiary/aromatic N) is 1. The monoisotopic (exact) mass is 434 g/mol. The van der Waals surface area contributed by atoms with E-state index in [1.54, 1.807) is 23.5 Å². The van der Waals surface area contributed by atoms with E-state index in [1.807, 2.05) is 72.5 Å². The molecule has 6 heteroatoms. The lowest BCUT2D eigenvalue weighted by Gasteiger charge is -2.33. The van der Waals surface area contributed by atoms with E-state index in [9.17, 15) is 9.59 Å². The van der Waals surface area contributed by atoms with Crippen molar-refractivity contribution in [3.05, 3.63) is 72.8 Å². The Morgan fingerprint density at radius 1 is 0.933 bits per heavy atom. The van der Waals surface area contributed by atoms with Crippen LogP contribution >= 0.6 is 23.5 Å². The molecule has 1 heterocycles. The van der Waals surface area contributed by atoms with Crippen LogP contribution in [0.25, 0.3) is 0 Å². The number of hydrogen-bond acceptors (Lipinski definition) is 4. The third-order valence-electron chi connectivity index (χ3n) is 4.75. The second kappa shape index (κ2) is 8.98. The lowest BCUT2D eigenvalue weighted by molar-refractivity contribution is -0.117. The van der Waals surface area contributed by atoms with Gasteiger partial charge in [-0.25, -0.2) is 0 Å². The molecule has 152 valence electrons. The van der Waals surface area contributed by atoms with Crippen molar-refractivity contribution >= 4 is 52.4 Å². The van der Waals surface area contributed by atoms with Crippen molar-refractivity contribution in [1.29, 1.82) is 0 Å². The molecule has 3 aromatic carbocycles. The molecular weight excluding hydrogens is 412 g/mol. The number of thioether (sulfide) groups is 1. The Bertz CT molecular complexity index is 1040. The standard InChI is InChI=1S/C24H22N2O2S2/c1-3-21(29-18-14-12-17(13-15-18)25-16(2)27)24(28)26-19-8-4-6-10-22(19)30-23-11-7-5-9-20(23)26/h4-15,21H,3H2,1-2H3,(H,25,27). The SMILES string of the molecule is CCC(Sc1ccc(NC(C)=O)cc1)C(=O)N1c2ccccc2Sc2ccccc21. The highest BCUT2D eigenvalue weighted by Crippen LogP contribution is 2.48. The van der Waals surface area contributed by atoms with Gasteiger partial charge in [-0.3, -0.25) is 14.5 Å². The highest BCUT2D eigenvalue weighted by atomic mass is 32.2. The molecule has 0 bridgehead atoms. The van der Waals surface area contributed by atoms with E-state index >= 15 is 0 Å². The zero-order chi connectivity index (χ0) is 21.1. The molecule has 30 heavy (non-hydrogen) atoms. The normalized spacial score (nSPS) is 13.2. The summed E-state index contributed by atoms with van der Waals surface area (Å²) in [4.78, 5) is 30.0. The van der Waals surface area contributed by atoms with Crippen LogP contribution in [0, 0.1) is 0 Å². The Balaban J connectivity index is 1.62. The van der Waals surface area contributed by atoms with E-state index in [1.165, 1.54) is 6.92 Å². The predicted molar refractivity (Wildman–Crippen MR) is 125 cm³/mol. The molecule has 0 aromatic heterocycles. The fourth-order valence-corrected chi connectivity index (χ4v) is 5.43. The molecule has 1 atom stereocenters. The largest absolute Gasteiger partial charge is 0.326 e. The first-order valence-corrected chi connectivity index (χ1v) is 11.5. The molecule has 1 unspecified atom stereocenters. The Hall–Kier alpha value is -2.70. The van der Waals surface area contributed by atoms with Crippen molar-refractivity contribution < 1.29 is 9.59 Å². The number of nitrogens with one attached hydrogen (secondary N) is 1. The topological polar surface area (TPSA) is 49.4 Å². The number of rotatable bonds is 5. The summed E-state index contributed by atoms with van der Waals surface area (Å²) in [5, 5.41) is 2.55. The van der Waals surface area contributed by atoms with Gasteiger partial charge in [-0.1, -0.05) is 43.0 Å². The molecule has 4 rings (SSSR count). The molecular formula is C24H22N2O2S2. The average Bonchev–Trinajstić information content (AvgIpc) is 2.76. The van der Waals surface area contributed by atoms with Crippen LogP contribution < -0.4 is 10.2 Å². The zero-order valence-corrected chi connectivity index (χ0v) is 18.4. The summed E-state index contributed by atoms with van der Waals surface area (Å²) >= 11 is 3.25. The lowest BCUT2D eigenvalue weighted by Crippen LogP contribution is -2.35. The Morgan fingerprint density at radius 3 is 2.03 bits per heavy atom. The van der Waals surface area contributed by atoms with Gasteiger partial charge >= 0.3 is 0 Å². The predicted octanol–water partition coefficient (Wildman–Crippen LogP) is 6.35. The second-order valence-corrected chi connectivity index (χ2v) is 9.29. The molecule has 0 radical (unpaired) electrons. The third kappa shape index (κ3) is 4.25. The van der Waals surface area contributed by atoms with E-state index in [0.717, 1.165) is 31.7 Å².